The molecule has 176 valence electrons. The number of ether oxygens (including phenoxy) is 1. The summed E-state index contributed by atoms with van der Waals surface area (Å²) in [6.45, 7) is 2.93. The Bertz CT molecular complexity index is 1480. The van der Waals surface area contributed by atoms with Gasteiger partial charge >= 0.3 is 0 Å². The number of aromatic nitrogens is 2. The number of fused-ring (bicyclic) bond motifs is 1. The molecule has 2 N–H and O–H groups in total. The average Bonchev–Trinajstić information content (AvgIpc) is 3.16. The molecule has 4 rings (SSSR count). The number of pyridine rings is 1. The first-order valence-corrected chi connectivity index (χ1v) is 11.8. The Kier molecular flexibility index (Phi) is 6.36. The van der Waals surface area contributed by atoms with Crippen molar-refractivity contribution in [1.82, 2.24) is 8.96 Å². The molecule has 0 saturated heterocycles. The molecule has 0 atom stereocenters. The van der Waals surface area contributed by atoms with Crippen LogP contribution in [0.3, 0.4) is 0 Å². The van der Waals surface area contributed by atoms with E-state index in [0.717, 1.165) is 15.6 Å². The second-order valence-electron chi connectivity index (χ2n) is 7.68. The number of rotatable bonds is 7. The van der Waals surface area contributed by atoms with Crippen LogP contribution in [0.1, 0.15) is 18.1 Å². The normalized spacial score (nSPS) is 11.5. The van der Waals surface area contributed by atoms with Crippen molar-refractivity contribution < 1.29 is 27.4 Å². The van der Waals surface area contributed by atoms with Crippen LogP contribution in [0, 0.1) is 12.7 Å². The summed E-state index contributed by atoms with van der Waals surface area (Å²) in [5.74, 6) is -0.997. The monoisotopic (exact) mass is 483 g/mol. The van der Waals surface area contributed by atoms with Crippen LogP contribution in [0.15, 0.2) is 65.8 Å². The van der Waals surface area contributed by atoms with Gasteiger partial charge in [0.25, 0.3) is 10.0 Å². The largest absolute Gasteiger partial charge is 0.453 e. The molecule has 0 aliphatic rings. The smallest absolute Gasteiger partial charge is 0.269 e. The lowest BCUT2D eigenvalue weighted by molar-refractivity contribution is -0.114. The van der Waals surface area contributed by atoms with Crippen molar-refractivity contribution in [3.63, 3.8) is 0 Å². The number of carbonyl (C=O) groups excluding carboxylic acids is 1. The summed E-state index contributed by atoms with van der Waals surface area (Å²) in [6.07, 6.45) is 2.90. The van der Waals surface area contributed by atoms with E-state index in [1.807, 2.05) is 6.92 Å². The van der Waals surface area contributed by atoms with E-state index in [-0.39, 0.29) is 46.7 Å². The van der Waals surface area contributed by atoms with Crippen molar-refractivity contribution in [3.05, 3.63) is 77.9 Å². The number of amides is 1. The number of halogens is 1. The number of aliphatic hydroxyl groups is 1. The molecule has 8 nitrogen and oxygen atoms in total. The highest BCUT2D eigenvalue weighted by molar-refractivity contribution is 7.90. The molecular weight excluding hydrogens is 461 g/mol. The lowest BCUT2D eigenvalue weighted by Crippen LogP contribution is -2.12. The molecule has 0 saturated carbocycles. The standard InChI is InChI=1S/C24H22FN3O5S/c1-15-3-6-19(7-4-15)34(31,32)28-14-17(10-12-29)23-22(9-11-26-24(23)28)33-21-8-5-18(13-20(21)25)27-16(2)30/h3-9,11,13-14,29H,10,12H2,1-2H3,(H,27,30). The summed E-state index contributed by atoms with van der Waals surface area (Å²) in [5, 5.41) is 12.4. The maximum atomic E-state index is 14.7. The predicted molar refractivity (Wildman–Crippen MR) is 125 cm³/mol. The number of nitrogens with one attached hydrogen (secondary N) is 1. The van der Waals surface area contributed by atoms with Gasteiger partial charge in [-0.05, 0) is 49.2 Å². The lowest BCUT2D eigenvalue weighted by Gasteiger charge is -2.11. The second-order valence-corrected chi connectivity index (χ2v) is 9.49. The van der Waals surface area contributed by atoms with E-state index in [2.05, 4.69) is 10.3 Å². The SMILES string of the molecule is CC(=O)Nc1ccc(Oc2ccnc3c2c(CCO)cn3S(=O)(=O)c2ccc(C)cc2)c(F)c1. The first kappa shape index (κ1) is 23.4. The van der Waals surface area contributed by atoms with Gasteiger partial charge in [-0.2, -0.15) is 0 Å². The summed E-state index contributed by atoms with van der Waals surface area (Å²) in [4.78, 5) is 15.5. The summed E-state index contributed by atoms with van der Waals surface area (Å²) in [5.41, 5.74) is 1.76. The van der Waals surface area contributed by atoms with Gasteiger partial charge in [-0.25, -0.2) is 21.8 Å². The van der Waals surface area contributed by atoms with Gasteiger partial charge in [-0.3, -0.25) is 4.79 Å². The Morgan fingerprint density at radius 2 is 1.88 bits per heavy atom. The molecule has 0 unspecified atom stereocenters. The summed E-state index contributed by atoms with van der Waals surface area (Å²) in [7, 11) is -3.99. The molecule has 0 fully saturated rings. The second kappa shape index (κ2) is 9.24. The van der Waals surface area contributed by atoms with Gasteiger partial charge in [0.1, 0.15) is 5.75 Å². The van der Waals surface area contributed by atoms with Gasteiger partial charge in [-0.1, -0.05) is 17.7 Å². The zero-order valence-electron chi connectivity index (χ0n) is 18.4. The highest BCUT2D eigenvalue weighted by Crippen LogP contribution is 2.36. The average molecular weight is 484 g/mol. The van der Waals surface area contributed by atoms with Crippen molar-refractivity contribution in [2.45, 2.75) is 25.2 Å². The predicted octanol–water partition coefficient (Wildman–Crippen LogP) is 4.01. The minimum absolute atomic E-state index is 0.0817. The summed E-state index contributed by atoms with van der Waals surface area (Å²) >= 11 is 0. The fraction of sp³-hybridized carbons (Fsp3) is 0.167. The molecule has 34 heavy (non-hydrogen) atoms. The van der Waals surface area contributed by atoms with E-state index in [0.29, 0.717) is 10.9 Å². The zero-order chi connectivity index (χ0) is 24.5. The Balaban J connectivity index is 1.82. The molecule has 0 aliphatic heterocycles. The number of aliphatic hydroxyl groups excluding tert-OH is 1. The maximum Gasteiger partial charge on any atom is 0.269 e. The minimum Gasteiger partial charge on any atom is -0.453 e. The fourth-order valence-electron chi connectivity index (χ4n) is 3.55. The van der Waals surface area contributed by atoms with Crippen molar-refractivity contribution in [3.8, 4) is 11.5 Å². The van der Waals surface area contributed by atoms with Gasteiger partial charge in [0.15, 0.2) is 17.2 Å². The minimum atomic E-state index is -3.99. The first-order valence-electron chi connectivity index (χ1n) is 10.4. The fourth-order valence-corrected chi connectivity index (χ4v) is 4.89. The van der Waals surface area contributed by atoms with E-state index in [9.17, 15) is 22.7 Å². The maximum absolute atomic E-state index is 14.7. The molecule has 1 amide bonds. The van der Waals surface area contributed by atoms with Crippen LogP contribution in [0.5, 0.6) is 11.5 Å². The topological polar surface area (TPSA) is 111 Å². The van der Waals surface area contributed by atoms with E-state index in [1.54, 1.807) is 12.1 Å². The molecule has 0 radical (unpaired) electrons. The third-order valence-electron chi connectivity index (χ3n) is 5.13. The van der Waals surface area contributed by atoms with Crippen LogP contribution < -0.4 is 10.1 Å². The molecule has 10 heteroatoms. The summed E-state index contributed by atoms with van der Waals surface area (Å²) in [6, 6.07) is 11.9. The number of nitrogens with zero attached hydrogens (tertiary/aromatic N) is 2. The molecule has 0 bridgehead atoms. The van der Waals surface area contributed by atoms with E-state index in [1.165, 1.54) is 49.6 Å². The Morgan fingerprint density at radius 3 is 2.53 bits per heavy atom. The Hall–Kier alpha value is -3.76. The van der Waals surface area contributed by atoms with Gasteiger partial charge in [0.2, 0.25) is 5.91 Å². The molecule has 0 spiro atoms. The van der Waals surface area contributed by atoms with Gasteiger partial charge in [0, 0.05) is 37.7 Å². The number of carbonyl (C=O) groups is 1. The third-order valence-corrected chi connectivity index (χ3v) is 6.79. The number of benzene rings is 2. The molecule has 2 aromatic carbocycles. The third kappa shape index (κ3) is 4.50. The van der Waals surface area contributed by atoms with Crippen LogP contribution in [-0.4, -0.2) is 35.0 Å². The molecule has 2 heterocycles. The zero-order valence-corrected chi connectivity index (χ0v) is 19.3. The number of hydrogen-bond acceptors (Lipinski definition) is 6. The number of hydrogen-bond donors (Lipinski definition) is 2. The molecule has 4 aromatic rings. The summed E-state index contributed by atoms with van der Waals surface area (Å²) < 4.78 is 48.2. The highest BCUT2D eigenvalue weighted by Gasteiger charge is 2.24. The van der Waals surface area contributed by atoms with Crippen LogP contribution in [0.25, 0.3) is 11.0 Å². The number of anilines is 1. The van der Waals surface area contributed by atoms with Crippen molar-refractivity contribution in [1.29, 1.82) is 0 Å². The van der Waals surface area contributed by atoms with Crippen molar-refractivity contribution >= 4 is 32.7 Å². The molecule has 0 aliphatic carbocycles. The van der Waals surface area contributed by atoms with Crippen molar-refractivity contribution in [2.24, 2.45) is 0 Å². The first-order chi connectivity index (χ1) is 16.2. The van der Waals surface area contributed by atoms with E-state index < -0.39 is 15.8 Å². The quantitative estimate of drug-likeness (QED) is 0.411. The Labute approximate surface area is 195 Å². The van der Waals surface area contributed by atoms with Crippen LogP contribution in [0.2, 0.25) is 0 Å². The van der Waals surface area contributed by atoms with E-state index in [4.69, 9.17) is 4.74 Å². The van der Waals surface area contributed by atoms with E-state index >= 15 is 0 Å². The van der Waals surface area contributed by atoms with Gasteiger partial charge in [0.05, 0.1) is 10.3 Å². The van der Waals surface area contributed by atoms with Crippen LogP contribution >= 0.6 is 0 Å². The van der Waals surface area contributed by atoms with Crippen LogP contribution in [-0.2, 0) is 21.2 Å². The molecule has 2 aromatic heterocycles. The number of aryl methyl sites for hydroxylation is 1. The molecular formula is C24H22FN3O5S. The Morgan fingerprint density at radius 1 is 1.15 bits per heavy atom. The van der Waals surface area contributed by atoms with Crippen LogP contribution in [0.4, 0.5) is 10.1 Å². The highest BCUT2D eigenvalue weighted by atomic mass is 32.2. The van der Waals surface area contributed by atoms with Gasteiger partial charge in [-0.15, -0.1) is 0 Å². The lowest BCUT2D eigenvalue weighted by atomic mass is 10.1. The van der Waals surface area contributed by atoms with Gasteiger partial charge < -0.3 is 15.2 Å². The van der Waals surface area contributed by atoms with Crippen molar-refractivity contribution in [2.75, 3.05) is 11.9 Å².